The number of methoxy groups -OCH3 is 2. The highest BCUT2D eigenvalue weighted by Gasteiger charge is 2.31. The monoisotopic (exact) mass is 352 g/mol. The van der Waals surface area contributed by atoms with Gasteiger partial charge in [0.15, 0.2) is 5.75 Å². The Morgan fingerprint density at radius 2 is 1.88 bits per heavy atom. The number of carbonyl (C=O) groups excluding carboxylic acids is 1. The number of hydrogen-bond donors (Lipinski definition) is 0. The Morgan fingerprint density at radius 3 is 2.40 bits per heavy atom. The largest absolute Gasteiger partial charge is 0.493 e. The van der Waals surface area contributed by atoms with E-state index in [0.29, 0.717) is 0 Å². The molecule has 1 amide bonds. The molecule has 0 N–H and O–H groups in total. The molecule has 1 saturated heterocycles. The van der Waals surface area contributed by atoms with Gasteiger partial charge in [-0.3, -0.25) is 10.1 Å². The molecule has 1 aliphatic heterocycles. The molecule has 0 aromatic heterocycles. The molecule has 1 fully saturated rings. The molecule has 0 bridgehead atoms. The van der Waals surface area contributed by atoms with E-state index >= 15 is 0 Å². The van der Waals surface area contributed by atoms with E-state index in [4.69, 9.17) is 14.2 Å². The summed E-state index contributed by atoms with van der Waals surface area (Å²) in [6, 6.07) is 3.25. The van der Waals surface area contributed by atoms with E-state index in [1.165, 1.54) is 20.3 Å². The molecule has 0 spiro atoms. The molecule has 1 aromatic rings. The number of nitro groups is 1. The van der Waals surface area contributed by atoms with Crippen molar-refractivity contribution in [1.82, 2.24) is 4.90 Å². The molecule has 8 nitrogen and oxygen atoms in total. The number of benzene rings is 1. The van der Waals surface area contributed by atoms with Gasteiger partial charge >= 0.3 is 11.8 Å². The Balaban J connectivity index is 2.20. The first-order valence-corrected chi connectivity index (χ1v) is 8.24. The van der Waals surface area contributed by atoms with Crippen molar-refractivity contribution in [2.24, 2.45) is 0 Å². The standard InChI is InChI=1S/C17H24N2O6/c1-11-6-5-7-12(2)18(11)17(20)25-10-13-8-9-14(23-3)16(24-4)15(13)19(21)22/h8-9,11-12H,5-7,10H2,1-4H3. The molecule has 0 aliphatic carbocycles. The maximum absolute atomic E-state index is 12.4. The van der Waals surface area contributed by atoms with Crippen LogP contribution in [-0.2, 0) is 11.3 Å². The van der Waals surface area contributed by atoms with Crippen molar-refractivity contribution < 1.29 is 23.9 Å². The van der Waals surface area contributed by atoms with E-state index < -0.39 is 11.0 Å². The highest BCUT2D eigenvalue weighted by Crippen LogP contribution is 2.39. The Hall–Kier alpha value is -2.51. The number of nitrogens with zero attached hydrogens (tertiary/aromatic N) is 2. The molecule has 2 unspecified atom stereocenters. The van der Waals surface area contributed by atoms with Gasteiger partial charge in [-0.1, -0.05) is 0 Å². The second kappa shape index (κ2) is 8.04. The van der Waals surface area contributed by atoms with Gasteiger partial charge in [0.25, 0.3) is 0 Å². The Morgan fingerprint density at radius 1 is 1.24 bits per heavy atom. The van der Waals surface area contributed by atoms with Gasteiger partial charge < -0.3 is 19.1 Å². The summed E-state index contributed by atoms with van der Waals surface area (Å²) in [7, 11) is 2.73. The van der Waals surface area contributed by atoms with Gasteiger partial charge in [-0.2, -0.15) is 0 Å². The molecule has 138 valence electrons. The van der Waals surface area contributed by atoms with E-state index in [0.717, 1.165) is 19.3 Å². The average Bonchev–Trinajstić information content (AvgIpc) is 2.58. The summed E-state index contributed by atoms with van der Waals surface area (Å²) in [5.74, 6) is 0.267. The van der Waals surface area contributed by atoms with Gasteiger partial charge in [0.2, 0.25) is 5.75 Å². The lowest BCUT2D eigenvalue weighted by Crippen LogP contribution is -2.47. The molecule has 0 radical (unpaired) electrons. The number of amides is 1. The summed E-state index contributed by atoms with van der Waals surface area (Å²) < 4.78 is 15.6. The summed E-state index contributed by atoms with van der Waals surface area (Å²) in [4.78, 5) is 25.0. The molecule has 25 heavy (non-hydrogen) atoms. The van der Waals surface area contributed by atoms with Crippen molar-refractivity contribution in [1.29, 1.82) is 0 Å². The van der Waals surface area contributed by atoms with Crippen molar-refractivity contribution in [3.63, 3.8) is 0 Å². The van der Waals surface area contributed by atoms with Crippen LogP contribution in [0.25, 0.3) is 0 Å². The van der Waals surface area contributed by atoms with Crippen LogP contribution in [0.2, 0.25) is 0 Å². The second-order valence-electron chi connectivity index (χ2n) is 6.16. The highest BCUT2D eigenvalue weighted by molar-refractivity contribution is 5.69. The lowest BCUT2D eigenvalue weighted by molar-refractivity contribution is -0.386. The van der Waals surface area contributed by atoms with Crippen LogP contribution in [0.1, 0.15) is 38.7 Å². The fourth-order valence-electron chi connectivity index (χ4n) is 3.26. The molecule has 2 rings (SSSR count). The molecular weight excluding hydrogens is 328 g/mol. The molecule has 1 heterocycles. The number of hydrogen-bond acceptors (Lipinski definition) is 6. The van der Waals surface area contributed by atoms with Crippen LogP contribution >= 0.6 is 0 Å². The summed E-state index contributed by atoms with van der Waals surface area (Å²) in [5, 5.41) is 11.4. The fraction of sp³-hybridized carbons (Fsp3) is 0.588. The normalized spacial score (nSPS) is 20.1. The summed E-state index contributed by atoms with van der Waals surface area (Å²) in [5.41, 5.74) is 0.00251. The quantitative estimate of drug-likeness (QED) is 0.595. The molecule has 0 saturated carbocycles. The van der Waals surface area contributed by atoms with Gasteiger partial charge in [0, 0.05) is 12.1 Å². The molecular formula is C17H24N2O6. The first kappa shape index (κ1) is 18.8. The zero-order valence-corrected chi connectivity index (χ0v) is 15.0. The van der Waals surface area contributed by atoms with E-state index in [2.05, 4.69) is 0 Å². The van der Waals surface area contributed by atoms with Crippen LogP contribution in [0.15, 0.2) is 12.1 Å². The summed E-state index contributed by atoms with van der Waals surface area (Å²) >= 11 is 0. The van der Waals surface area contributed by atoms with Crippen LogP contribution in [0, 0.1) is 10.1 Å². The Kier molecular flexibility index (Phi) is 6.06. The maximum atomic E-state index is 12.4. The minimum atomic E-state index is -0.559. The first-order valence-electron chi connectivity index (χ1n) is 8.24. The van der Waals surface area contributed by atoms with Crippen LogP contribution in [-0.4, -0.2) is 42.2 Å². The van der Waals surface area contributed by atoms with Gasteiger partial charge in [0.1, 0.15) is 6.61 Å². The first-order chi connectivity index (χ1) is 11.9. The predicted octanol–water partition coefficient (Wildman–Crippen LogP) is 3.51. The third-order valence-corrected chi connectivity index (χ3v) is 4.54. The Labute approximate surface area is 146 Å². The molecule has 8 heteroatoms. The van der Waals surface area contributed by atoms with Crippen molar-refractivity contribution in [2.45, 2.75) is 51.8 Å². The fourth-order valence-corrected chi connectivity index (χ4v) is 3.26. The van der Waals surface area contributed by atoms with Crippen LogP contribution in [0.4, 0.5) is 10.5 Å². The summed E-state index contributed by atoms with van der Waals surface area (Å²) in [6.07, 6.45) is 2.47. The van der Waals surface area contributed by atoms with Gasteiger partial charge in [-0.25, -0.2) is 4.79 Å². The van der Waals surface area contributed by atoms with Crippen LogP contribution < -0.4 is 9.47 Å². The number of piperidine rings is 1. The smallest absolute Gasteiger partial charge is 0.410 e. The van der Waals surface area contributed by atoms with E-state index in [9.17, 15) is 14.9 Å². The van der Waals surface area contributed by atoms with Crippen molar-refractivity contribution in [3.8, 4) is 11.5 Å². The zero-order chi connectivity index (χ0) is 18.6. The molecule has 2 atom stereocenters. The third kappa shape index (κ3) is 3.94. The zero-order valence-electron chi connectivity index (χ0n) is 15.0. The molecule has 1 aliphatic rings. The van der Waals surface area contributed by atoms with Gasteiger partial charge in [-0.15, -0.1) is 0 Å². The molecule has 1 aromatic carbocycles. The number of likely N-dealkylation sites (tertiary alicyclic amines) is 1. The van der Waals surface area contributed by atoms with Crippen molar-refractivity contribution in [3.05, 3.63) is 27.8 Å². The van der Waals surface area contributed by atoms with Gasteiger partial charge in [-0.05, 0) is 45.2 Å². The van der Waals surface area contributed by atoms with Crippen LogP contribution in [0.5, 0.6) is 11.5 Å². The third-order valence-electron chi connectivity index (χ3n) is 4.54. The van der Waals surface area contributed by atoms with E-state index in [1.807, 2.05) is 13.8 Å². The number of nitro benzene ring substituents is 1. The Bertz CT molecular complexity index is 638. The van der Waals surface area contributed by atoms with Gasteiger partial charge in [0.05, 0.1) is 24.7 Å². The lowest BCUT2D eigenvalue weighted by Gasteiger charge is -2.37. The highest BCUT2D eigenvalue weighted by atomic mass is 16.6. The minimum Gasteiger partial charge on any atom is -0.493 e. The summed E-state index contributed by atoms with van der Waals surface area (Å²) in [6.45, 7) is 3.76. The topological polar surface area (TPSA) is 91.1 Å². The number of ether oxygens (including phenoxy) is 3. The van der Waals surface area contributed by atoms with E-state index in [1.54, 1.807) is 11.0 Å². The van der Waals surface area contributed by atoms with Crippen molar-refractivity contribution >= 4 is 11.8 Å². The predicted molar refractivity (Wildman–Crippen MR) is 91.0 cm³/mol. The minimum absolute atomic E-state index is 0.0146. The number of rotatable bonds is 5. The maximum Gasteiger partial charge on any atom is 0.410 e. The number of carbonyl (C=O) groups is 1. The average molecular weight is 352 g/mol. The van der Waals surface area contributed by atoms with E-state index in [-0.39, 0.29) is 41.4 Å². The van der Waals surface area contributed by atoms with Crippen molar-refractivity contribution in [2.75, 3.05) is 14.2 Å². The lowest BCUT2D eigenvalue weighted by atomic mass is 9.98. The second-order valence-corrected chi connectivity index (χ2v) is 6.16. The van der Waals surface area contributed by atoms with Crippen LogP contribution in [0.3, 0.4) is 0 Å². The SMILES string of the molecule is COc1ccc(COC(=O)N2C(C)CCCC2C)c([N+](=O)[O-])c1OC.